The molecule has 0 aliphatic carbocycles. The minimum atomic E-state index is -0.902. The van der Waals surface area contributed by atoms with Gasteiger partial charge in [0.1, 0.15) is 18.7 Å². The molecule has 3 aromatic rings. The summed E-state index contributed by atoms with van der Waals surface area (Å²) in [6.07, 6.45) is 5.08. The topological polar surface area (TPSA) is 105 Å². The quantitative estimate of drug-likeness (QED) is 0.503. The van der Waals surface area contributed by atoms with Crippen molar-refractivity contribution in [3.8, 4) is 17.6 Å². The maximum absolute atomic E-state index is 13.2. The van der Waals surface area contributed by atoms with Gasteiger partial charge in [0.05, 0.1) is 25.4 Å². The van der Waals surface area contributed by atoms with Crippen molar-refractivity contribution in [2.45, 2.75) is 39.0 Å². The van der Waals surface area contributed by atoms with Gasteiger partial charge in [-0.05, 0) is 24.1 Å². The van der Waals surface area contributed by atoms with Gasteiger partial charge in [0.15, 0.2) is 11.5 Å². The number of ketones is 1. The summed E-state index contributed by atoms with van der Waals surface area (Å²) < 4.78 is 11.5. The number of fused-ring (bicyclic) bond motifs is 1. The number of hydrogen-bond donors (Lipinski definition) is 0. The zero-order valence-electron chi connectivity index (χ0n) is 19.0. The highest BCUT2D eigenvalue weighted by Gasteiger charge is 2.36. The van der Waals surface area contributed by atoms with Crippen LogP contribution in [0, 0.1) is 18.3 Å². The molecular formula is C26H24N4O4. The van der Waals surface area contributed by atoms with Crippen LogP contribution in [0.1, 0.15) is 27.9 Å². The third-order valence-corrected chi connectivity index (χ3v) is 5.81. The molecule has 2 aromatic carbocycles. The van der Waals surface area contributed by atoms with Crippen molar-refractivity contribution in [3.05, 3.63) is 82.9 Å². The number of nitriles is 1. The summed E-state index contributed by atoms with van der Waals surface area (Å²) in [5.74, 6) is 0.117. The Morgan fingerprint density at radius 1 is 1.24 bits per heavy atom. The van der Waals surface area contributed by atoms with Crippen molar-refractivity contribution in [2.75, 3.05) is 7.11 Å². The molecule has 1 aromatic heterocycles. The molecular weight excluding hydrogens is 432 g/mol. The van der Waals surface area contributed by atoms with Crippen molar-refractivity contribution in [1.29, 1.82) is 5.26 Å². The van der Waals surface area contributed by atoms with Gasteiger partial charge < -0.3 is 14.4 Å². The predicted octanol–water partition coefficient (Wildman–Crippen LogP) is 2.96. The van der Waals surface area contributed by atoms with E-state index in [1.807, 2.05) is 37.3 Å². The summed E-state index contributed by atoms with van der Waals surface area (Å²) in [4.78, 5) is 35.6. The van der Waals surface area contributed by atoms with Crippen LogP contribution in [0.25, 0.3) is 0 Å². The lowest BCUT2D eigenvalue weighted by Crippen LogP contribution is -2.49. The summed E-state index contributed by atoms with van der Waals surface area (Å²) in [5, 5.41) is 9.37. The molecule has 1 atom stereocenters. The average Bonchev–Trinajstić information content (AvgIpc) is 2.86. The van der Waals surface area contributed by atoms with E-state index in [0.717, 1.165) is 22.3 Å². The molecule has 1 aliphatic rings. The fourth-order valence-corrected chi connectivity index (χ4v) is 4.15. The van der Waals surface area contributed by atoms with Gasteiger partial charge in [0.25, 0.3) is 5.78 Å². The van der Waals surface area contributed by atoms with Gasteiger partial charge in [0.2, 0.25) is 5.91 Å². The second kappa shape index (κ2) is 10.1. The van der Waals surface area contributed by atoms with Crippen LogP contribution in [0.2, 0.25) is 0 Å². The molecule has 2 heterocycles. The lowest BCUT2D eigenvalue weighted by molar-refractivity contribution is -0.138. The van der Waals surface area contributed by atoms with E-state index in [-0.39, 0.29) is 31.9 Å². The van der Waals surface area contributed by atoms with Crippen LogP contribution < -0.4 is 9.47 Å². The number of Topliss-reactive ketones (excluding diaryl/α,β-unsaturated/α-hetero) is 1. The van der Waals surface area contributed by atoms with E-state index in [9.17, 15) is 14.9 Å². The van der Waals surface area contributed by atoms with Crippen LogP contribution in [0.4, 0.5) is 0 Å². The maximum Gasteiger partial charge on any atom is 0.254 e. The SMILES string of the molecule is COc1ccc2c(c1OCc1cnccn1)C[C@@H](C(=O)C#N)N(C(=O)Cc1cccc(C)c1)C2. The van der Waals surface area contributed by atoms with E-state index in [4.69, 9.17) is 9.47 Å². The number of aryl methyl sites for hydroxylation is 1. The molecule has 0 radical (unpaired) electrons. The van der Waals surface area contributed by atoms with Crippen molar-refractivity contribution in [2.24, 2.45) is 0 Å². The standard InChI is InChI=1S/C26H24N4O4/c1-17-4-3-5-18(10-17)11-25(32)30-15-19-6-7-24(33-2)26(21(19)12-22(30)23(31)13-27)34-16-20-14-28-8-9-29-20/h3-10,14,22H,11-12,15-16H2,1-2H3/t22-/m0/s1. The summed E-state index contributed by atoms with van der Waals surface area (Å²) in [6, 6.07) is 12.1. The Kier molecular flexibility index (Phi) is 6.83. The smallest absolute Gasteiger partial charge is 0.254 e. The Balaban J connectivity index is 1.65. The summed E-state index contributed by atoms with van der Waals surface area (Å²) in [5.41, 5.74) is 4.14. The number of carbonyl (C=O) groups excluding carboxylic acids is 2. The first kappa shape index (κ1) is 22.9. The molecule has 0 N–H and O–H groups in total. The Labute approximate surface area is 197 Å². The van der Waals surface area contributed by atoms with E-state index in [0.29, 0.717) is 17.2 Å². The summed E-state index contributed by atoms with van der Waals surface area (Å²) in [7, 11) is 1.54. The number of methoxy groups -OCH3 is 1. The molecule has 0 fully saturated rings. The Bertz CT molecular complexity index is 1250. The van der Waals surface area contributed by atoms with Crippen LogP contribution in [0.5, 0.6) is 11.5 Å². The second-order valence-corrected chi connectivity index (χ2v) is 8.10. The van der Waals surface area contributed by atoms with Gasteiger partial charge >= 0.3 is 0 Å². The van der Waals surface area contributed by atoms with E-state index in [2.05, 4.69) is 9.97 Å². The second-order valence-electron chi connectivity index (χ2n) is 8.10. The van der Waals surface area contributed by atoms with E-state index in [1.165, 1.54) is 12.0 Å². The largest absolute Gasteiger partial charge is 0.493 e. The molecule has 8 heteroatoms. The molecule has 0 spiro atoms. The van der Waals surface area contributed by atoms with E-state index < -0.39 is 11.8 Å². The first-order valence-electron chi connectivity index (χ1n) is 10.9. The van der Waals surface area contributed by atoms with Crippen LogP contribution in [-0.2, 0) is 35.6 Å². The number of benzene rings is 2. The molecule has 0 saturated heterocycles. The average molecular weight is 457 g/mol. The fourth-order valence-electron chi connectivity index (χ4n) is 4.15. The van der Waals surface area contributed by atoms with Gasteiger partial charge in [-0.2, -0.15) is 5.26 Å². The first-order chi connectivity index (χ1) is 16.5. The number of aromatic nitrogens is 2. The summed E-state index contributed by atoms with van der Waals surface area (Å²) in [6.45, 7) is 2.32. The zero-order valence-corrected chi connectivity index (χ0v) is 19.0. The number of carbonyl (C=O) groups is 2. The Morgan fingerprint density at radius 3 is 2.79 bits per heavy atom. The maximum atomic E-state index is 13.2. The Morgan fingerprint density at radius 2 is 2.09 bits per heavy atom. The van der Waals surface area contributed by atoms with Crippen LogP contribution >= 0.6 is 0 Å². The van der Waals surface area contributed by atoms with Crippen molar-refractivity contribution in [3.63, 3.8) is 0 Å². The molecule has 8 nitrogen and oxygen atoms in total. The highest BCUT2D eigenvalue weighted by molar-refractivity contribution is 6.00. The molecule has 0 bridgehead atoms. The van der Waals surface area contributed by atoms with E-state index in [1.54, 1.807) is 30.7 Å². The summed E-state index contributed by atoms with van der Waals surface area (Å²) >= 11 is 0. The molecule has 4 rings (SSSR count). The fraction of sp³-hybridized carbons (Fsp3) is 0.269. The number of rotatable bonds is 7. The normalized spacial score (nSPS) is 14.6. The lowest BCUT2D eigenvalue weighted by atomic mass is 9.90. The third kappa shape index (κ3) is 4.89. The molecule has 34 heavy (non-hydrogen) atoms. The minimum absolute atomic E-state index is 0.151. The number of amides is 1. The van der Waals surface area contributed by atoms with Crippen molar-refractivity contribution in [1.82, 2.24) is 14.9 Å². The van der Waals surface area contributed by atoms with Crippen molar-refractivity contribution < 1.29 is 19.1 Å². The molecule has 1 amide bonds. The molecule has 0 saturated carbocycles. The zero-order chi connectivity index (χ0) is 24.1. The van der Waals surface area contributed by atoms with Gasteiger partial charge in [-0.15, -0.1) is 0 Å². The van der Waals surface area contributed by atoms with Crippen LogP contribution in [-0.4, -0.2) is 39.7 Å². The molecule has 0 unspecified atom stereocenters. The van der Waals surface area contributed by atoms with Gasteiger partial charge in [-0.3, -0.25) is 19.6 Å². The van der Waals surface area contributed by atoms with E-state index >= 15 is 0 Å². The number of ether oxygens (including phenoxy) is 2. The third-order valence-electron chi connectivity index (χ3n) is 5.81. The van der Waals surface area contributed by atoms with Gasteiger partial charge in [0, 0.05) is 30.9 Å². The Hall–Kier alpha value is -4.25. The van der Waals surface area contributed by atoms with Gasteiger partial charge in [-0.1, -0.05) is 35.9 Å². The highest BCUT2D eigenvalue weighted by Crippen LogP contribution is 2.39. The van der Waals surface area contributed by atoms with Crippen LogP contribution in [0.15, 0.2) is 55.0 Å². The lowest BCUT2D eigenvalue weighted by Gasteiger charge is -2.36. The minimum Gasteiger partial charge on any atom is -0.493 e. The highest BCUT2D eigenvalue weighted by atomic mass is 16.5. The van der Waals surface area contributed by atoms with Crippen LogP contribution in [0.3, 0.4) is 0 Å². The predicted molar refractivity (Wildman–Crippen MR) is 123 cm³/mol. The first-order valence-corrected chi connectivity index (χ1v) is 10.9. The molecule has 172 valence electrons. The number of nitrogens with zero attached hydrogens (tertiary/aromatic N) is 4. The van der Waals surface area contributed by atoms with Crippen molar-refractivity contribution >= 4 is 11.7 Å². The monoisotopic (exact) mass is 456 g/mol. The van der Waals surface area contributed by atoms with Gasteiger partial charge in [-0.25, -0.2) is 0 Å². The number of hydrogen-bond acceptors (Lipinski definition) is 7. The molecule has 1 aliphatic heterocycles.